The number of imidazole rings is 1. The van der Waals surface area contributed by atoms with Crippen molar-refractivity contribution in [3.05, 3.63) is 30.1 Å². The average molecular weight is 287 g/mol. The molecule has 21 heavy (non-hydrogen) atoms. The molecular formula is C15H21N5O. The number of aromatic nitrogens is 2. The van der Waals surface area contributed by atoms with Crippen LogP contribution >= 0.6 is 0 Å². The lowest BCUT2D eigenvalue weighted by Crippen LogP contribution is -2.35. The van der Waals surface area contributed by atoms with Crippen LogP contribution in [0.3, 0.4) is 0 Å². The van der Waals surface area contributed by atoms with Gasteiger partial charge in [-0.05, 0) is 25.6 Å². The first-order chi connectivity index (χ1) is 10.2. The maximum absolute atomic E-state index is 11.2. The van der Waals surface area contributed by atoms with E-state index in [1.165, 1.54) is 0 Å². The highest BCUT2D eigenvalue weighted by Gasteiger charge is 2.27. The summed E-state index contributed by atoms with van der Waals surface area (Å²) in [6, 6.07) is 6.25. The molecule has 0 saturated carbocycles. The first kappa shape index (κ1) is 13.9. The lowest BCUT2D eigenvalue weighted by atomic mass is 10.2. The van der Waals surface area contributed by atoms with Crippen LogP contribution in [0.4, 0.5) is 5.82 Å². The molecule has 1 amide bonds. The first-order valence-electron chi connectivity index (χ1n) is 7.31. The fraction of sp³-hybridized carbons (Fsp3) is 0.467. The van der Waals surface area contributed by atoms with E-state index in [-0.39, 0.29) is 11.9 Å². The number of pyridine rings is 1. The third-order valence-corrected chi connectivity index (χ3v) is 3.85. The smallest absolute Gasteiger partial charge is 0.217 e. The minimum Gasteiger partial charge on any atom is -0.353 e. The number of rotatable bonds is 4. The zero-order valence-corrected chi connectivity index (χ0v) is 12.5. The minimum atomic E-state index is 0.0345. The third-order valence-electron chi connectivity index (χ3n) is 3.85. The Morgan fingerprint density at radius 1 is 1.48 bits per heavy atom. The van der Waals surface area contributed by atoms with Crippen LogP contribution in [0, 0.1) is 0 Å². The van der Waals surface area contributed by atoms with Gasteiger partial charge < -0.3 is 19.9 Å². The van der Waals surface area contributed by atoms with Crippen LogP contribution in [-0.4, -0.2) is 41.5 Å². The van der Waals surface area contributed by atoms with Crippen LogP contribution in [-0.2, 0) is 11.3 Å². The number of anilines is 1. The molecule has 0 aromatic carbocycles. The molecule has 1 fully saturated rings. The summed E-state index contributed by atoms with van der Waals surface area (Å²) < 4.78 is 2.12. The lowest BCUT2D eigenvalue weighted by Gasteiger charge is -2.18. The molecular weight excluding hydrogens is 266 g/mol. The van der Waals surface area contributed by atoms with E-state index in [1.807, 2.05) is 31.4 Å². The van der Waals surface area contributed by atoms with E-state index in [1.54, 1.807) is 6.92 Å². The zero-order chi connectivity index (χ0) is 14.8. The molecule has 2 aromatic rings. The molecule has 0 radical (unpaired) electrons. The highest BCUT2D eigenvalue weighted by molar-refractivity contribution is 5.73. The molecule has 1 atom stereocenters. The molecule has 2 aromatic heterocycles. The van der Waals surface area contributed by atoms with Gasteiger partial charge in [-0.25, -0.2) is 4.98 Å². The molecule has 6 heteroatoms. The van der Waals surface area contributed by atoms with Crippen molar-refractivity contribution in [3.63, 3.8) is 0 Å². The summed E-state index contributed by atoms with van der Waals surface area (Å²) in [7, 11) is 1.94. The number of hydrogen-bond donors (Lipinski definition) is 2. The van der Waals surface area contributed by atoms with E-state index in [0.29, 0.717) is 0 Å². The van der Waals surface area contributed by atoms with E-state index >= 15 is 0 Å². The summed E-state index contributed by atoms with van der Waals surface area (Å²) in [6.07, 6.45) is 3.01. The number of carbonyl (C=O) groups is 1. The molecule has 0 spiro atoms. The van der Waals surface area contributed by atoms with Crippen LogP contribution < -0.4 is 15.5 Å². The van der Waals surface area contributed by atoms with Gasteiger partial charge in [-0.15, -0.1) is 0 Å². The van der Waals surface area contributed by atoms with Gasteiger partial charge in [-0.3, -0.25) is 4.79 Å². The highest BCUT2D eigenvalue weighted by Crippen LogP contribution is 2.25. The van der Waals surface area contributed by atoms with Crippen molar-refractivity contribution in [2.75, 3.05) is 25.0 Å². The molecule has 0 aliphatic carbocycles. The molecule has 3 heterocycles. The largest absolute Gasteiger partial charge is 0.353 e. The predicted octanol–water partition coefficient (Wildman–Crippen LogP) is 0.768. The average Bonchev–Trinajstić information content (AvgIpc) is 3.04. The topological polar surface area (TPSA) is 61.7 Å². The molecule has 6 nitrogen and oxygen atoms in total. The summed E-state index contributed by atoms with van der Waals surface area (Å²) in [5.74, 6) is 1.05. The van der Waals surface area contributed by atoms with Crippen LogP contribution in [0.1, 0.15) is 19.0 Å². The van der Waals surface area contributed by atoms with Crippen molar-refractivity contribution < 1.29 is 4.79 Å². The third kappa shape index (κ3) is 2.71. The van der Waals surface area contributed by atoms with Gasteiger partial charge in [-0.2, -0.15) is 0 Å². The summed E-state index contributed by atoms with van der Waals surface area (Å²) in [5, 5.41) is 6.21. The number of carbonyl (C=O) groups excluding carboxylic acids is 1. The lowest BCUT2D eigenvalue weighted by molar-refractivity contribution is -0.119. The van der Waals surface area contributed by atoms with Gasteiger partial charge in [0.15, 0.2) is 5.82 Å². The Hall–Kier alpha value is -2.08. The summed E-state index contributed by atoms with van der Waals surface area (Å²) in [4.78, 5) is 18.2. The Kier molecular flexibility index (Phi) is 3.79. The normalized spacial score (nSPS) is 18.4. The Bertz CT molecular complexity index is 651. The Labute approximate surface area is 124 Å². The molecule has 112 valence electrons. The number of hydrogen-bond acceptors (Lipinski definition) is 4. The van der Waals surface area contributed by atoms with Crippen LogP contribution in [0.15, 0.2) is 24.4 Å². The maximum Gasteiger partial charge on any atom is 0.217 e. The highest BCUT2D eigenvalue weighted by atomic mass is 16.1. The van der Waals surface area contributed by atoms with Gasteiger partial charge in [0.25, 0.3) is 0 Å². The summed E-state index contributed by atoms with van der Waals surface area (Å²) in [6.45, 7) is 4.08. The molecule has 3 rings (SSSR count). The van der Waals surface area contributed by atoms with Crippen molar-refractivity contribution in [3.8, 4) is 0 Å². The van der Waals surface area contributed by atoms with Gasteiger partial charge in [0.2, 0.25) is 5.91 Å². The molecule has 1 aliphatic rings. The van der Waals surface area contributed by atoms with Crippen molar-refractivity contribution in [1.82, 2.24) is 20.0 Å². The molecule has 1 aliphatic heterocycles. The van der Waals surface area contributed by atoms with E-state index in [9.17, 15) is 4.79 Å². The van der Waals surface area contributed by atoms with Crippen molar-refractivity contribution >= 4 is 17.4 Å². The van der Waals surface area contributed by atoms with Crippen molar-refractivity contribution in [2.45, 2.75) is 25.9 Å². The maximum atomic E-state index is 11.2. The van der Waals surface area contributed by atoms with Gasteiger partial charge in [0, 0.05) is 38.8 Å². The van der Waals surface area contributed by atoms with E-state index in [2.05, 4.69) is 19.9 Å². The Morgan fingerprint density at radius 3 is 3.10 bits per heavy atom. The van der Waals surface area contributed by atoms with Gasteiger partial charge in [0.05, 0.1) is 5.69 Å². The number of nitrogens with zero attached hydrogens (tertiary/aromatic N) is 3. The summed E-state index contributed by atoms with van der Waals surface area (Å²) in [5.41, 5.74) is 2.12. The van der Waals surface area contributed by atoms with Gasteiger partial charge in [0.1, 0.15) is 5.65 Å². The number of fused-ring (bicyclic) bond motifs is 1. The van der Waals surface area contributed by atoms with Crippen LogP contribution in [0.2, 0.25) is 0 Å². The van der Waals surface area contributed by atoms with Crippen molar-refractivity contribution in [1.29, 1.82) is 0 Å². The Balaban J connectivity index is 1.89. The van der Waals surface area contributed by atoms with Gasteiger partial charge in [-0.1, -0.05) is 6.07 Å². The van der Waals surface area contributed by atoms with E-state index in [4.69, 9.17) is 4.98 Å². The fourth-order valence-corrected chi connectivity index (χ4v) is 2.98. The van der Waals surface area contributed by atoms with E-state index < -0.39 is 0 Å². The summed E-state index contributed by atoms with van der Waals surface area (Å²) >= 11 is 0. The number of amides is 1. The van der Waals surface area contributed by atoms with Crippen LogP contribution in [0.25, 0.3) is 5.65 Å². The second kappa shape index (κ2) is 5.73. The zero-order valence-electron chi connectivity index (χ0n) is 12.5. The predicted molar refractivity (Wildman–Crippen MR) is 82.4 cm³/mol. The molecule has 1 saturated heterocycles. The Morgan fingerprint density at radius 2 is 2.33 bits per heavy atom. The molecule has 1 unspecified atom stereocenters. The van der Waals surface area contributed by atoms with E-state index in [0.717, 1.165) is 43.2 Å². The second-order valence-electron chi connectivity index (χ2n) is 5.47. The minimum absolute atomic E-state index is 0.0345. The molecule has 2 N–H and O–H groups in total. The standard InChI is InChI=1S/C15H21N5O/c1-11(21)17-12-6-8-19(10-12)15-13(9-16-2)20-7-4-3-5-14(20)18-15/h3-5,7,12,16H,6,8-10H2,1-2H3,(H,17,21). The quantitative estimate of drug-likeness (QED) is 0.872. The molecule has 0 bridgehead atoms. The van der Waals surface area contributed by atoms with Gasteiger partial charge >= 0.3 is 0 Å². The SMILES string of the molecule is CNCc1c(N2CCC(NC(C)=O)C2)nc2ccccn12. The number of nitrogens with one attached hydrogen (secondary N) is 2. The monoisotopic (exact) mass is 287 g/mol. The second-order valence-corrected chi connectivity index (χ2v) is 5.47. The first-order valence-corrected chi connectivity index (χ1v) is 7.31. The van der Waals surface area contributed by atoms with Crippen LogP contribution in [0.5, 0.6) is 0 Å². The van der Waals surface area contributed by atoms with Crippen molar-refractivity contribution in [2.24, 2.45) is 0 Å². The fourth-order valence-electron chi connectivity index (χ4n) is 2.98.